The molecule has 0 heterocycles. The zero-order valence-electron chi connectivity index (χ0n) is 10.1. The molecule has 0 aliphatic carbocycles. The summed E-state index contributed by atoms with van der Waals surface area (Å²) in [6, 6.07) is 5.38. The molecule has 0 aliphatic rings. The molecule has 0 aliphatic heterocycles. The average molecular weight is 291 g/mol. The SMILES string of the molecule is COCCNC(=O)CNCc1ccc(Cl)c(Cl)c1. The summed E-state index contributed by atoms with van der Waals surface area (Å²) < 4.78 is 4.83. The van der Waals surface area contributed by atoms with Gasteiger partial charge in [-0.15, -0.1) is 0 Å². The van der Waals surface area contributed by atoms with Crippen LogP contribution in [0.2, 0.25) is 10.0 Å². The molecule has 0 bridgehead atoms. The minimum absolute atomic E-state index is 0.0629. The first kappa shape index (κ1) is 15.2. The Balaban J connectivity index is 2.24. The molecule has 100 valence electrons. The Morgan fingerprint density at radius 3 is 2.78 bits per heavy atom. The fourth-order valence-electron chi connectivity index (χ4n) is 1.32. The van der Waals surface area contributed by atoms with Crippen LogP contribution in [0.25, 0.3) is 0 Å². The van der Waals surface area contributed by atoms with Gasteiger partial charge in [0.05, 0.1) is 23.2 Å². The number of amides is 1. The fourth-order valence-corrected chi connectivity index (χ4v) is 1.65. The largest absolute Gasteiger partial charge is 0.383 e. The summed E-state index contributed by atoms with van der Waals surface area (Å²) in [6.07, 6.45) is 0. The molecule has 0 aromatic heterocycles. The first-order valence-corrected chi connectivity index (χ1v) is 6.29. The van der Waals surface area contributed by atoms with Crippen molar-refractivity contribution in [3.8, 4) is 0 Å². The Hall–Kier alpha value is -0.810. The van der Waals surface area contributed by atoms with Gasteiger partial charge >= 0.3 is 0 Å². The van der Waals surface area contributed by atoms with Crippen LogP contribution in [0.4, 0.5) is 0 Å². The number of hydrogen-bond acceptors (Lipinski definition) is 3. The van der Waals surface area contributed by atoms with Crippen molar-refractivity contribution in [2.24, 2.45) is 0 Å². The molecule has 6 heteroatoms. The molecule has 0 unspecified atom stereocenters. The second-order valence-corrected chi connectivity index (χ2v) is 4.51. The van der Waals surface area contributed by atoms with E-state index in [1.54, 1.807) is 19.2 Å². The number of benzene rings is 1. The number of methoxy groups -OCH3 is 1. The lowest BCUT2D eigenvalue weighted by Gasteiger charge is -2.07. The van der Waals surface area contributed by atoms with Crippen molar-refractivity contribution in [2.45, 2.75) is 6.54 Å². The monoisotopic (exact) mass is 290 g/mol. The van der Waals surface area contributed by atoms with Gasteiger partial charge in [0.25, 0.3) is 0 Å². The van der Waals surface area contributed by atoms with E-state index in [-0.39, 0.29) is 12.5 Å². The third kappa shape index (κ3) is 5.69. The fraction of sp³-hybridized carbons (Fsp3) is 0.417. The van der Waals surface area contributed by atoms with Gasteiger partial charge in [-0.1, -0.05) is 29.3 Å². The van der Waals surface area contributed by atoms with Crippen LogP contribution in [0.1, 0.15) is 5.56 Å². The van der Waals surface area contributed by atoms with Crippen molar-refractivity contribution in [3.63, 3.8) is 0 Å². The summed E-state index contributed by atoms with van der Waals surface area (Å²) in [5.41, 5.74) is 0.981. The highest BCUT2D eigenvalue weighted by molar-refractivity contribution is 6.42. The van der Waals surface area contributed by atoms with Crippen LogP contribution in [-0.2, 0) is 16.1 Å². The zero-order chi connectivity index (χ0) is 13.4. The first-order valence-electron chi connectivity index (χ1n) is 5.53. The lowest BCUT2D eigenvalue weighted by molar-refractivity contribution is -0.120. The molecule has 2 N–H and O–H groups in total. The summed E-state index contributed by atoms with van der Waals surface area (Å²) >= 11 is 11.7. The van der Waals surface area contributed by atoms with E-state index in [0.29, 0.717) is 29.7 Å². The lowest BCUT2D eigenvalue weighted by Crippen LogP contribution is -2.35. The summed E-state index contributed by atoms with van der Waals surface area (Å²) in [6.45, 7) is 1.85. The van der Waals surface area contributed by atoms with Gasteiger partial charge in [-0.3, -0.25) is 4.79 Å². The minimum Gasteiger partial charge on any atom is -0.383 e. The van der Waals surface area contributed by atoms with Crippen LogP contribution in [0.3, 0.4) is 0 Å². The van der Waals surface area contributed by atoms with Crippen LogP contribution in [0.5, 0.6) is 0 Å². The van der Waals surface area contributed by atoms with Crippen molar-refractivity contribution in [1.29, 1.82) is 0 Å². The van der Waals surface area contributed by atoms with Gasteiger partial charge in [-0.05, 0) is 17.7 Å². The maximum atomic E-state index is 11.4. The number of nitrogens with one attached hydrogen (secondary N) is 2. The van der Waals surface area contributed by atoms with Crippen molar-refractivity contribution < 1.29 is 9.53 Å². The predicted octanol–water partition coefficient (Wildman–Crippen LogP) is 1.85. The van der Waals surface area contributed by atoms with E-state index in [0.717, 1.165) is 5.56 Å². The van der Waals surface area contributed by atoms with E-state index in [1.807, 2.05) is 6.07 Å². The molecule has 1 rings (SSSR count). The topological polar surface area (TPSA) is 50.4 Å². The molecular weight excluding hydrogens is 275 g/mol. The Bertz CT molecular complexity index is 400. The van der Waals surface area contributed by atoms with Gasteiger partial charge in [0, 0.05) is 20.2 Å². The molecule has 0 radical (unpaired) electrons. The van der Waals surface area contributed by atoms with E-state index < -0.39 is 0 Å². The van der Waals surface area contributed by atoms with Gasteiger partial charge in [0.2, 0.25) is 5.91 Å². The summed E-state index contributed by atoms with van der Waals surface area (Å²) in [7, 11) is 1.59. The van der Waals surface area contributed by atoms with Crippen LogP contribution < -0.4 is 10.6 Å². The molecule has 18 heavy (non-hydrogen) atoms. The third-order valence-corrected chi connectivity index (χ3v) is 2.97. The van der Waals surface area contributed by atoms with E-state index in [9.17, 15) is 4.79 Å². The number of halogens is 2. The number of carbonyl (C=O) groups excluding carboxylic acids is 1. The molecule has 0 spiro atoms. The van der Waals surface area contributed by atoms with E-state index >= 15 is 0 Å². The quantitative estimate of drug-likeness (QED) is 0.754. The molecule has 1 aromatic carbocycles. The first-order chi connectivity index (χ1) is 8.63. The number of ether oxygens (including phenoxy) is 1. The molecule has 0 saturated carbocycles. The minimum atomic E-state index is -0.0629. The predicted molar refractivity (Wildman–Crippen MR) is 73.1 cm³/mol. The zero-order valence-corrected chi connectivity index (χ0v) is 11.6. The maximum absolute atomic E-state index is 11.4. The third-order valence-electron chi connectivity index (χ3n) is 2.23. The smallest absolute Gasteiger partial charge is 0.234 e. The molecule has 0 saturated heterocycles. The van der Waals surface area contributed by atoms with E-state index in [4.69, 9.17) is 27.9 Å². The highest BCUT2D eigenvalue weighted by Gasteiger charge is 2.02. The number of hydrogen-bond donors (Lipinski definition) is 2. The summed E-state index contributed by atoms with van der Waals surface area (Å²) in [5.74, 6) is -0.0629. The van der Waals surface area contributed by atoms with Gasteiger partial charge in [-0.2, -0.15) is 0 Å². The average Bonchev–Trinajstić information content (AvgIpc) is 2.34. The molecule has 1 aromatic rings. The van der Waals surface area contributed by atoms with Crippen molar-refractivity contribution in [1.82, 2.24) is 10.6 Å². The Morgan fingerprint density at radius 2 is 2.11 bits per heavy atom. The second-order valence-electron chi connectivity index (χ2n) is 3.69. The Kier molecular flexibility index (Phi) is 7.05. The van der Waals surface area contributed by atoms with Crippen LogP contribution >= 0.6 is 23.2 Å². The van der Waals surface area contributed by atoms with Gasteiger partial charge in [0.1, 0.15) is 0 Å². The van der Waals surface area contributed by atoms with Crippen molar-refractivity contribution in [2.75, 3.05) is 26.8 Å². The number of rotatable bonds is 7. The van der Waals surface area contributed by atoms with E-state index in [2.05, 4.69) is 10.6 Å². The molecule has 4 nitrogen and oxygen atoms in total. The summed E-state index contributed by atoms with van der Waals surface area (Å²) in [4.78, 5) is 11.4. The maximum Gasteiger partial charge on any atom is 0.234 e. The normalized spacial score (nSPS) is 10.4. The van der Waals surface area contributed by atoms with Gasteiger partial charge < -0.3 is 15.4 Å². The van der Waals surface area contributed by atoms with Crippen LogP contribution in [0, 0.1) is 0 Å². The molecule has 1 amide bonds. The second kappa shape index (κ2) is 8.32. The van der Waals surface area contributed by atoms with Crippen molar-refractivity contribution in [3.05, 3.63) is 33.8 Å². The summed E-state index contributed by atoms with van der Waals surface area (Å²) in [5, 5.41) is 6.78. The lowest BCUT2D eigenvalue weighted by atomic mass is 10.2. The van der Waals surface area contributed by atoms with Crippen LogP contribution in [0.15, 0.2) is 18.2 Å². The molecular formula is C12H16Cl2N2O2. The van der Waals surface area contributed by atoms with Gasteiger partial charge in [0.15, 0.2) is 0 Å². The molecule has 0 atom stereocenters. The Morgan fingerprint density at radius 1 is 1.33 bits per heavy atom. The van der Waals surface area contributed by atoms with Gasteiger partial charge in [-0.25, -0.2) is 0 Å². The number of carbonyl (C=O) groups is 1. The van der Waals surface area contributed by atoms with Crippen LogP contribution in [-0.4, -0.2) is 32.7 Å². The standard InChI is InChI=1S/C12H16Cl2N2O2/c1-18-5-4-16-12(17)8-15-7-9-2-3-10(13)11(14)6-9/h2-3,6,15H,4-5,7-8H2,1H3,(H,16,17). The highest BCUT2D eigenvalue weighted by Crippen LogP contribution is 2.22. The highest BCUT2D eigenvalue weighted by atomic mass is 35.5. The van der Waals surface area contributed by atoms with Crippen molar-refractivity contribution >= 4 is 29.1 Å². The van der Waals surface area contributed by atoms with E-state index in [1.165, 1.54) is 0 Å². The molecule has 0 fully saturated rings. The Labute approximate surface area is 117 Å².